The summed E-state index contributed by atoms with van der Waals surface area (Å²) in [6.07, 6.45) is 3.86. The van der Waals surface area contributed by atoms with E-state index in [-0.39, 0.29) is 23.8 Å². The summed E-state index contributed by atoms with van der Waals surface area (Å²) in [6, 6.07) is 0.235. The molecule has 0 aromatic rings. The van der Waals surface area contributed by atoms with Gasteiger partial charge in [-0.15, -0.1) is 0 Å². The second-order valence-electron chi connectivity index (χ2n) is 6.31. The summed E-state index contributed by atoms with van der Waals surface area (Å²) >= 11 is 0. The Hall–Kier alpha value is -1.10. The van der Waals surface area contributed by atoms with Crippen molar-refractivity contribution in [3.8, 4) is 0 Å². The average molecular weight is 281 g/mol. The van der Waals surface area contributed by atoms with Gasteiger partial charge in [0.15, 0.2) is 0 Å². The topological polar surface area (TPSA) is 61.4 Å². The molecule has 2 rings (SSSR count). The van der Waals surface area contributed by atoms with Gasteiger partial charge in [-0.25, -0.2) is 0 Å². The third kappa shape index (κ3) is 3.95. The highest BCUT2D eigenvalue weighted by Crippen LogP contribution is 2.18. The van der Waals surface area contributed by atoms with Crippen molar-refractivity contribution in [3.05, 3.63) is 0 Å². The summed E-state index contributed by atoms with van der Waals surface area (Å²) in [5, 5.41) is 6.37. The maximum atomic E-state index is 12.4. The lowest BCUT2D eigenvalue weighted by molar-refractivity contribution is -0.137. The number of piperidine rings is 2. The van der Waals surface area contributed by atoms with Crippen LogP contribution in [0.3, 0.4) is 0 Å². The standard InChI is InChI=1S/C15H27N3O2/c1-11(2)14(19)17-13-5-8-18(9-6-13)15(20)12-4-3-7-16-10-12/h11-13,16H,3-10H2,1-2H3,(H,17,19)/t12-/m0/s1. The molecule has 0 bridgehead atoms. The number of amides is 2. The second-order valence-corrected chi connectivity index (χ2v) is 6.31. The van der Waals surface area contributed by atoms with E-state index in [1.54, 1.807) is 0 Å². The molecule has 2 aliphatic heterocycles. The average Bonchev–Trinajstić information content (AvgIpc) is 2.48. The first-order valence-electron chi connectivity index (χ1n) is 7.88. The molecule has 2 amide bonds. The molecule has 114 valence electrons. The van der Waals surface area contributed by atoms with E-state index < -0.39 is 0 Å². The van der Waals surface area contributed by atoms with Gasteiger partial charge < -0.3 is 15.5 Å². The van der Waals surface area contributed by atoms with Crippen LogP contribution in [0.5, 0.6) is 0 Å². The minimum absolute atomic E-state index is 0.0305. The van der Waals surface area contributed by atoms with Crippen molar-refractivity contribution in [1.29, 1.82) is 0 Å². The van der Waals surface area contributed by atoms with Crippen molar-refractivity contribution in [2.24, 2.45) is 11.8 Å². The third-order valence-electron chi connectivity index (χ3n) is 4.32. The molecule has 2 heterocycles. The highest BCUT2D eigenvalue weighted by Gasteiger charge is 2.29. The summed E-state index contributed by atoms with van der Waals surface area (Å²) in [4.78, 5) is 26.0. The zero-order valence-corrected chi connectivity index (χ0v) is 12.7. The quantitative estimate of drug-likeness (QED) is 0.802. The molecular weight excluding hydrogens is 254 g/mol. The smallest absolute Gasteiger partial charge is 0.226 e. The fourth-order valence-corrected chi connectivity index (χ4v) is 2.93. The van der Waals surface area contributed by atoms with Crippen LogP contribution in [0, 0.1) is 11.8 Å². The minimum Gasteiger partial charge on any atom is -0.353 e. The van der Waals surface area contributed by atoms with Gasteiger partial charge in [-0.2, -0.15) is 0 Å². The number of carbonyl (C=O) groups excluding carboxylic acids is 2. The van der Waals surface area contributed by atoms with Crippen molar-refractivity contribution < 1.29 is 9.59 Å². The van der Waals surface area contributed by atoms with Crippen molar-refractivity contribution in [3.63, 3.8) is 0 Å². The molecule has 5 heteroatoms. The fourth-order valence-electron chi connectivity index (χ4n) is 2.93. The number of rotatable bonds is 3. The largest absolute Gasteiger partial charge is 0.353 e. The van der Waals surface area contributed by atoms with Gasteiger partial charge in [-0.3, -0.25) is 9.59 Å². The van der Waals surface area contributed by atoms with Crippen molar-refractivity contribution in [2.45, 2.75) is 45.6 Å². The van der Waals surface area contributed by atoms with Gasteiger partial charge >= 0.3 is 0 Å². The highest BCUT2D eigenvalue weighted by atomic mass is 16.2. The molecule has 20 heavy (non-hydrogen) atoms. The summed E-state index contributed by atoms with van der Waals surface area (Å²) in [5.41, 5.74) is 0. The van der Waals surface area contributed by atoms with Gasteiger partial charge in [-0.1, -0.05) is 13.8 Å². The lowest BCUT2D eigenvalue weighted by Crippen LogP contribution is -2.50. The van der Waals surface area contributed by atoms with Gasteiger partial charge in [0, 0.05) is 31.6 Å². The van der Waals surface area contributed by atoms with E-state index in [0.29, 0.717) is 5.91 Å². The first-order chi connectivity index (χ1) is 9.58. The molecule has 1 atom stereocenters. The molecule has 2 fully saturated rings. The second kappa shape index (κ2) is 7.07. The van der Waals surface area contributed by atoms with Gasteiger partial charge in [0.25, 0.3) is 0 Å². The Bertz CT molecular complexity index is 343. The van der Waals surface area contributed by atoms with E-state index in [9.17, 15) is 9.59 Å². The maximum Gasteiger partial charge on any atom is 0.226 e. The predicted molar refractivity (Wildman–Crippen MR) is 78.2 cm³/mol. The summed E-state index contributed by atoms with van der Waals surface area (Å²) in [6.45, 7) is 7.22. The van der Waals surface area contributed by atoms with Crippen LogP contribution in [0.1, 0.15) is 39.5 Å². The van der Waals surface area contributed by atoms with E-state index in [1.165, 1.54) is 0 Å². The summed E-state index contributed by atoms with van der Waals surface area (Å²) < 4.78 is 0. The Balaban J connectivity index is 1.76. The Labute approximate surface area is 121 Å². The maximum absolute atomic E-state index is 12.4. The van der Waals surface area contributed by atoms with Crippen LogP contribution < -0.4 is 10.6 Å². The number of nitrogens with zero attached hydrogens (tertiary/aromatic N) is 1. The van der Waals surface area contributed by atoms with Gasteiger partial charge in [0.1, 0.15) is 0 Å². The summed E-state index contributed by atoms with van der Waals surface area (Å²) in [5.74, 6) is 0.602. The predicted octanol–water partition coefficient (Wildman–Crippen LogP) is 0.749. The minimum atomic E-state index is 0.0305. The zero-order valence-electron chi connectivity index (χ0n) is 12.7. The first-order valence-corrected chi connectivity index (χ1v) is 7.88. The molecule has 0 spiro atoms. The van der Waals surface area contributed by atoms with Crippen LogP contribution in [0.25, 0.3) is 0 Å². The molecule has 0 aromatic carbocycles. The lowest BCUT2D eigenvalue weighted by atomic mass is 9.96. The molecular formula is C15H27N3O2. The number of nitrogens with one attached hydrogen (secondary N) is 2. The first kappa shape index (κ1) is 15.3. The van der Waals surface area contributed by atoms with Crippen LogP contribution in [0.2, 0.25) is 0 Å². The zero-order chi connectivity index (χ0) is 14.5. The summed E-state index contributed by atoms with van der Waals surface area (Å²) in [7, 11) is 0. The Morgan fingerprint density at radius 2 is 1.90 bits per heavy atom. The number of hydrogen-bond acceptors (Lipinski definition) is 3. The van der Waals surface area contributed by atoms with Crippen molar-refractivity contribution in [2.75, 3.05) is 26.2 Å². The van der Waals surface area contributed by atoms with E-state index >= 15 is 0 Å². The number of likely N-dealkylation sites (tertiary alicyclic amines) is 1. The molecule has 5 nitrogen and oxygen atoms in total. The Morgan fingerprint density at radius 3 is 2.45 bits per heavy atom. The molecule has 2 N–H and O–H groups in total. The molecule has 2 saturated heterocycles. The molecule has 0 saturated carbocycles. The fraction of sp³-hybridized carbons (Fsp3) is 0.867. The SMILES string of the molecule is CC(C)C(=O)NC1CCN(C(=O)[C@H]2CCCNC2)CC1. The lowest BCUT2D eigenvalue weighted by Gasteiger charge is -2.35. The van der Waals surface area contributed by atoms with E-state index in [2.05, 4.69) is 10.6 Å². The van der Waals surface area contributed by atoms with Gasteiger partial charge in [0.05, 0.1) is 5.92 Å². The van der Waals surface area contributed by atoms with E-state index in [1.807, 2.05) is 18.7 Å². The van der Waals surface area contributed by atoms with Crippen LogP contribution in [0.15, 0.2) is 0 Å². The highest BCUT2D eigenvalue weighted by molar-refractivity contribution is 5.80. The molecule has 0 unspecified atom stereocenters. The molecule has 0 aromatic heterocycles. The Kier molecular flexibility index (Phi) is 5.40. The normalized spacial score (nSPS) is 24.8. The number of carbonyl (C=O) groups is 2. The monoisotopic (exact) mass is 281 g/mol. The van der Waals surface area contributed by atoms with E-state index in [4.69, 9.17) is 0 Å². The van der Waals surface area contributed by atoms with Crippen molar-refractivity contribution >= 4 is 11.8 Å². The van der Waals surface area contributed by atoms with Gasteiger partial charge in [-0.05, 0) is 32.2 Å². The van der Waals surface area contributed by atoms with Crippen LogP contribution in [-0.4, -0.2) is 48.9 Å². The number of hydrogen-bond donors (Lipinski definition) is 2. The molecule has 0 aliphatic carbocycles. The van der Waals surface area contributed by atoms with E-state index in [0.717, 1.165) is 51.9 Å². The van der Waals surface area contributed by atoms with Crippen molar-refractivity contribution in [1.82, 2.24) is 15.5 Å². The van der Waals surface area contributed by atoms with Gasteiger partial charge in [0.2, 0.25) is 11.8 Å². The molecule has 2 aliphatic rings. The van der Waals surface area contributed by atoms with Crippen LogP contribution in [-0.2, 0) is 9.59 Å². The third-order valence-corrected chi connectivity index (χ3v) is 4.32. The van der Waals surface area contributed by atoms with Crippen LogP contribution >= 0.6 is 0 Å². The molecule has 0 radical (unpaired) electrons. The van der Waals surface area contributed by atoms with Crippen LogP contribution in [0.4, 0.5) is 0 Å². The Morgan fingerprint density at radius 1 is 1.20 bits per heavy atom.